The van der Waals surface area contributed by atoms with Crippen molar-refractivity contribution in [2.75, 3.05) is 50.7 Å². The molecular formula is C32H39N3O. The van der Waals surface area contributed by atoms with Crippen molar-refractivity contribution in [1.82, 2.24) is 10.2 Å². The lowest BCUT2D eigenvalue weighted by Crippen LogP contribution is -2.46. The molecule has 2 N–H and O–H groups in total. The SMILES string of the molecule is Oc1ccc2c(c1)CC[C@H](c1ccccc1)[C@@H]2c1ccc(N2CCC(CN3CCNCC3)CC2)cc1. The number of piperidine rings is 1. The van der Waals surface area contributed by atoms with Crippen molar-refractivity contribution in [2.24, 2.45) is 5.92 Å². The Morgan fingerprint density at radius 2 is 1.53 bits per heavy atom. The number of piperazine rings is 1. The summed E-state index contributed by atoms with van der Waals surface area (Å²) >= 11 is 0. The minimum atomic E-state index is 0.315. The number of aromatic hydroxyl groups is 1. The van der Waals surface area contributed by atoms with Gasteiger partial charge in [-0.2, -0.15) is 0 Å². The molecule has 0 aromatic heterocycles. The lowest BCUT2D eigenvalue weighted by atomic mass is 9.69. The predicted molar refractivity (Wildman–Crippen MR) is 148 cm³/mol. The van der Waals surface area contributed by atoms with Crippen LogP contribution in [0.5, 0.6) is 5.75 Å². The molecule has 3 aromatic rings. The van der Waals surface area contributed by atoms with E-state index >= 15 is 0 Å². The molecule has 2 fully saturated rings. The van der Waals surface area contributed by atoms with Gasteiger partial charge in [-0.15, -0.1) is 0 Å². The van der Waals surface area contributed by atoms with E-state index in [1.54, 1.807) is 0 Å². The highest BCUT2D eigenvalue weighted by molar-refractivity contribution is 5.52. The van der Waals surface area contributed by atoms with Gasteiger partial charge in [-0.1, -0.05) is 48.5 Å². The highest BCUT2D eigenvalue weighted by Crippen LogP contribution is 2.47. The van der Waals surface area contributed by atoms with Crippen molar-refractivity contribution < 1.29 is 5.11 Å². The van der Waals surface area contributed by atoms with E-state index in [2.05, 4.69) is 75.8 Å². The van der Waals surface area contributed by atoms with Crippen LogP contribution in [0.15, 0.2) is 72.8 Å². The molecule has 4 nitrogen and oxygen atoms in total. The number of nitrogens with zero attached hydrogens (tertiary/aromatic N) is 2. The fourth-order valence-electron chi connectivity index (χ4n) is 6.80. The zero-order valence-corrected chi connectivity index (χ0v) is 21.3. The van der Waals surface area contributed by atoms with E-state index in [9.17, 15) is 5.11 Å². The molecule has 0 saturated carbocycles. The zero-order chi connectivity index (χ0) is 24.3. The van der Waals surface area contributed by atoms with E-state index in [-0.39, 0.29) is 0 Å². The smallest absolute Gasteiger partial charge is 0.115 e. The largest absolute Gasteiger partial charge is 0.508 e. The number of benzene rings is 3. The molecule has 2 saturated heterocycles. The molecule has 2 aliphatic heterocycles. The van der Waals surface area contributed by atoms with Crippen LogP contribution < -0.4 is 10.2 Å². The number of aryl methyl sites for hydroxylation is 1. The maximum atomic E-state index is 10.1. The summed E-state index contributed by atoms with van der Waals surface area (Å²) in [6, 6.07) is 26.4. The Balaban J connectivity index is 1.18. The molecule has 6 rings (SSSR count). The molecule has 3 aromatic carbocycles. The third-order valence-corrected chi connectivity index (χ3v) is 8.77. The van der Waals surface area contributed by atoms with E-state index in [1.165, 1.54) is 60.4 Å². The van der Waals surface area contributed by atoms with Gasteiger partial charge >= 0.3 is 0 Å². The second-order valence-electron chi connectivity index (χ2n) is 11.0. The van der Waals surface area contributed by atoms with Crippen LogP contribution >= 0.6 is 0 Å². The van der Waals surface area contributed by atoms with Crippen molar-refractivity contribution in [1.29, 1.82) is 0 Å². The maximum Gasteiger partial charge on any atom is 0.115 e. The van der Waals surface area contributed by atoms with Crippen LogP contribution in [0.25, 0.3) is 0 Å². The Hall–Kier alpha value is -2.82. The van der Waals surface area contributed by atoms with Crippen molar-refractivity contribution in [3.05, 3.63) is 95.1 Å². The van der Waals surface area contributed by atoms with Gasteiger partial charge in [0.05, 0.1) is 0 Å². The second-order valence-corrected chi connectivity index (χ2v) is 11.0. The van der Waals surface area contributed by atoms with Gasteiger partial charge < -0.3 is 20.2 Å². The van der Waals surface area contributed by atoms with Gasteiger partial charge in [-0.05, 0) is 84.0 Å². The zero-order valence-electron chi connectivity index (χ0n) is 21.3. The minimum absolute atomic E-state index is 0.315. The Kier molecular flexibility index (Phi) is 6.98. The molecule has 0 bridgehead atoms. The number of phenols is 1. The Morgan fingerprint density at radius 3 is 2.28 bits per heavy atom. The first-order valence-corrected chi connectivity index (χ1v) is 13.9. The topological polar surface area (TPSA) is 38.7 Å². The van der Waals surface area contributed by atoms with E-state index in [4.69, 9.17) is 0 Å². The summed E-state index contributed by atoms with van der Waals surface area (Å²) in [5.74, 6) is 1.98. The summed E-state index contributed by atoms with van der Waals surface area (Å²) in [6.45, 7) is 8.28. The molecule has 0 spiro atoms. The van der Waals surface area contributed by atoms with E-state index in [1.807, 2.05) is 12.1 Å². The van der Waals surface area contributed by atoms with Crippen molar-refractivity contribution in [2.45, 2.75) is 37.5 Å². The van der Waals surface area contributed by atoms with E-state index in [0.717, 1.165) is 44.9 Å². The summed E-state index contributed by atoms with van der Waals surface area (Å²) in [4.78, 5) is 5.23. The molecule has 188 valence electrons. The van der Waals surface area contributed by atoms with Gasteiger partial charge in [0.1, 0.15) is 5.75 Å². The Bertz CT molecular complexity index is 1130. The van der Waals surface area contributed by atoms with Crippen molar-refractivity contribution in [3.8, 4) is 5.75 Å². The molecule has 2 atom stereocenters. The van der Waals surface area contributed by atoms with Gasteiger partial charge in [0.15, 0.2) is 0 Å². The number of fused-ring (bicyclic) bond motifs is 1. The van der Waals surface area contributed by atoms with Crippen LogP contribution in [0.1, 0.15) is 53.4 Å². The second kappa shape index (κ2) is 10.7. The third-order valence-electron chi connectivity index (χ3n) is 8.77. The lowest BCUT2D eigenvalue weighted by Gasteiger charge is -2.37. The van der Waals surface area contributed by atoms with Gasteiger partial charge in [0, 0.05) is 57.4 Å². The molecule has 0 radical (unpaired) electrons. The van der Waals surface area contributed by atoms with Gasteiger partial charge in [-0.3, -0.25) is 0 Å². The minimum Gasteiger partial charge on any atom is -0.508 e. The maximum absolute atomic E-state index is 10.1. The normalized spacial score (nSPS) is 23.4. The molecule has 1 aliphatic carbocycles. The third kappa shape index (κ3) is 5.02. The number of rotatable bonds is 5. The molecule has 36 heavy (non-hydrogen) atoms. The summed E-state index contributed by atoms with van der Waals surface area (Å²) in [6.07, 6.45) is 4.71. The predicted octanol–water partition coefficient (Wildman–Crippen LogP) is 5.38. The van der Waals surface area contributed by atoms with Crippen molar-refractivity contribution >= 4 is 5.69 Å². The van der Waals surface area contributed by atoms with Crippen LogP contribution in [-0.2, 0) is 6.42 Å². The van der Waals surface area contributed by atoms with E-state index in [0.29, 0.717) is 17.6 Å². The van der Waals surface area contributed by atoms with Gasteiger partial charge in [0.25, 0.3) is 0 Å². The Labute approximate surface area is 216 Å². The van der Waals surface area contributed by atoms with E-state index < -0.39 is 0 Å². The highest BCUT2D eigenvalue weighted by Gasteiger charge is 2.32. The highest BCUT2D eigenvalue weighted by atomic mass is 16.3. The molecule has 2 heterocycles. The molecular weight excluding hydrogens is 442 g/mol. The Morgan fingerprint density at radius 1 is 0.778 bits per heavy atom. The average molecular weight is 482 g/mol. The van der Waals surface area contributed by atoms with Gasteiger partial charge in [-0.25, -0.2) is 0 Å². The number of anilines is 1. The van der Waals surface area contributed by atoms with Crippen molar-refractivity contribution in [3.63, 3.8) is 0 Å². The molecule has 0 amide bonds. The summed E-state index contributed by atoms with van der Waals surface area (Å²) in [5.41, 5.74) is 6.82. The number of hydrogen-bond acceptors (Lipinski definition) is 4. The monoisotopic (exact) mass is 481 g/mol. The molecule has 4 heteroatoms. The summed E-state index contributed by atoms with van der Waals surface area (Å²) < 4.78 is 0. The first kappa shape index (κ1) is 23.6. The quantitative estimate of drug-likeness (QED) is 0.514. The van der Waals surface area contributed by atoms with Gasteiger partial charge in [0.2, 0.25) is 0 Å². The first-order chi connectivity index (χ1) is 17.7. The van der Waals surface area contributed by atoms with Crippen LogP contribution in [0.2, 0.25) is 0 Å². The standard InChI is InChI=1S/C32H39N3O/c36-29-11-13-31-27(22-29)8-12-30(25-4-2-1-3-5-25)32(31)26-6-9-28(10-7-26)35-18-14-24(15-19-35)23-34-20-16-33-17-21-34/h1-7,9-11,13,22,24,30,32-33,36H,8,12,14-21,23H2/t30-,32+/m1/s1. The molecule has 3 aliphatic rings. The average Bonchev–Trinajstić information content (AvgIpc) is 2.94. The van der Waals surface area contributed by atoms with Crippen LogP contribution in [0.4, 0.5) is 5.69 Å². The lowest BCUT2D eigenvalue weighted by molar-refractivity contribution is 0.190. The van der Waals surface area contributed by atoms with Crippen LogP contribution in [0.3, 0.4) is 0 Å². The molecule has 0 unspecified atom stereocenters. The van der Waals surface area contributed by atoms with Crippen LogP contribution in [0, 0.1) is 5.92 Å². The summed E-state index contributed by atoms with van der Waals surface area (Å²) in [7, 11) is 0. The summed E-state index contributed by atoms with van der Waals surface area (Å²) in [5, 5.41) is 13.6. The number of phenolic OH excluding ortho intramolecular Hbond substituents is 1. The van der Waals surface area contributed by atoms with Crippen LogP contribution in [-0.4, -0.2) is 55.8 Å². The fraction of sp³-hybridized carbons (Fsp3) is 0.438. The fourth-order valence-corrected chi connectivity index (χ4v) is 6.80. The first-order valence-electron chi connectivity index (χ1n) is 13.9. The number of nitrogens with one attached hydrogen (secondary N) is 1. The number of hydrogen-bond donors (Lipinski definition) is 2.